The zero-order valence-electron chi connectivity index (χ0n) is 10.8. The summed E-state index contributed by atoms with van der Waals surface area (Å²) in [4.78, 5) is 12.8. The molecule has 5 heteroatoms. The van der Waals surface area contributed by atoms with E-state index < -0.39 is 0 Å². The maximum absolute atomic E-state index is 10.8. The van der Waals surface area contributed by atoms with Gasteiger partial charge in [0.05, 0.1) is 4.92 Å². The van der Waals surface area contributed by atoms with Crippen LogP contribution in [0.1, 0.15) is 12.0 Å². The second-order valence-electron chi connectivity index (χ2n) is 4.89. The topological polar surface area (TPSA) is 58.4 Å². The summed E-state index contributed by atoms with van der Waals surface area (Å²) in [5.41, 5.74) is 2.02. The van der Waals surface area contributed by atoms with Crippen LogP contribution in [0, 0.1) is 23.0 Å². The average molecular weight is 249 g/mol. The fraction of sp³-hybridized carbons (Fsp3) is 0.538. The molecule has 1 unspecified atom stereocenters. The van der Waals surface area contributed by atoms with Crippen molar-refractivity contribution < 1.29 is 4.92 Å². The number of aryl methyl sites for hydroxylation is 1. The third kappa shape index (κ3) is 2.61. The molecule has 1 heterocycles. The first-order valence-corrected chi connectivity index (χ1v) is 6.26. The van der Waals surface area contributed by atoms with E-state index in [2.05, 4.69) is 10.2 Å². The van der Waals surface area contributed by atoms with Crippen molar-refractivity contribution in [3.05, 3.63) is 33.9 Å². The zero-order chi connectivity index (χ0) is 13.1. The standard InChI is InChI=1S/C13H19N3O2/c1-10-7-12(3-4-13(10)16(17)18)15-6-5-11(9-15)8-14-2/h3-4,7,11,14H,5-6,8-9H2,1-2H3. The van der Waals surface area contributed by atoms with Crippen molar-refractivity contribution in [3.8, 4) is 0 Å². The van der Waals surface area contributed by atoms with Crippen molar-refractivity contribution in [1.82, 2.24) is 5.32 Å². The molecule has 0 aliphatic carbocycles. The Morgan fingerprint density at radius 2 is 2.33 bits per heavy atom. The normalized spacial score (nSPS) is 19.2. The van der Waals surface area contributed by atoms with Gasteiger partial charge in [-0.25, -0.2) is 0 Å². The van der Waals surface area contributed by atoms with Gasteiger partial charge >= 0.3 is 0 Å². The molecule has 0 radical (unpaired) electrons. The summed E-state index contributed by atoms with van der Waals surface area (Å²) in [5.74, 6) is 0.672. The Kier molecular flexibility index (Phi) is 3.81. The van der Waals surface area contributed by atoms with Gasteiger partial charge in [0.25, 0.3) is 5.69 Å². The van der Waals surface area contributed by atoms with Gasteiger partial charge in [0.15, 0.2) is 0 Å². The van der Waals surface area contributed by atoms with Crippen molar-refractivity contribution in [2.45, 2.75) is 13.3 Å². The Morgan fingerprint density at radius 1 is 1.56 bits per heavy atom. The van der Waals surface area contributed by atoms with Crippen LogP contribution in [0.15, 0.2) is 18.2 Å². The van der Waals surface area contributed by atoms with Crippen molar-refractivity contribution in [2.24, 2.45) is 5.92 Å². The quantitative estimate of drug-likeness (QED) is 0.654. The maximum atomic E-state index is 10.8. The van der Waals surface area contributed by atoms with E-state index in [4.69, 9.17) is 0 Å². The first-order valence-electron chi connectivity index (χ1n) is 6.26. The van der Waals surface area contributed by atoms with E-state index in [0.717, 1.165) is 30.9 Å². The number of benzene rings is 1. The van der Waals surface area contributed by atoms with Gasteiger partial charge in [-0.15, -0.1) is 0 Å². The van der Waals surface area contributed by atoms with Gasteiger partial charge in [0.1, 0.15) is 0 Å². The summed E-state index contributed by atoms with van der Waals surface area (Å²) < 4.78 is 0. The lowest BCUT2D eigenvalue weighted by molar-refractivity contribution is -0.385. The van der Waals surface area contributed by atoms with Crippen molar-refractivity contribution >= 4 is 11.4 Å². The van der Waals surface area contributed by atoms with Crippen LogP contribution in [0.25, 0.3) is 0 Å². The van der Waals surface area contributed by atoms with Gasteiger partial charge in [0, 0.05) is 30.4 Å². The van der Waals surface area contributed by atoms with E-state index in [-0.39, 0.29) is 10.6 Å². The summed E-state index contributed by atoms with van der Waals surface area (Å²) in [6, 6.07) is 5.38. The Balaban J connectivity index is 2.11. The molecule has 1 N–H and O–H groups in total. The molecule has 1 fully saturated rings. The second-order valence-corrected chi connectivity index (χ2v) is 4.89. The van der Waals surface area contributed by atoms with Gasteiger partial charge in [-0.3, -0.25) is 10.1 Å². The molecule has 1 aliphatic rings. The molecule has 2 rings (SSSR count). The highest BCUT2D eigenvalue weighted by Gasteiger charge is 2.23. The highest BCUT2D eigenvalue weighted by atomic mass is 16.6. The first-order chi connectivity index (χ1) is 8.61. The summed E-state index contributed by atoms with van der Waals surface area (Å²) >= 11 is 0. The minimum atomic E-state index is -0.326. The van der Waals surface area contributed by atoms with Crippen LogP contribution >= 0.6 is 0 Å². The number of hydrogen-bond acceptors (Lipinski definition) is 4. The molecule has 1 atom stereocenters. The van der Waals surface area contributed by atoms with Gasteiger partial charge in [-0.2, -0.15) is 0 Å². The Bertz CT molecular complexity index is 448. The zero-order valence-corrected chi connectivity index (χ0v) is 10.8. The van der Waals surface area contributed by atoms with Gasteiger partial charge in [-0.05, 0) is 45.0 Å². The largest absolute Gasteiger partial charge is 0.371 e. The SMILES string of the molecule is CNCC1CCN(c2ccc([N+](=O)[O-])c(C)c2)C1. The first kappa shape index (κ1) is 12.8. The molecule has 98 valence electrons. The van der Waals surface area contributed by atoms with E-state index in [1.807, 2.05) is 19.2 Å². The third-order valence-corrected chi connectivity index (χ3v) is 3.52. The summed E-state index contributed by atoms with van der Waals surface area (Å²) in [5, 5.41) is 14.0. The van der Waals surface area contributed by atoms with Gasteiger partial charge in [0.2, 0.25) is 0 Å². The predicted molar refractivity (Wildman–Crippen MR) is 72.1 cm³/mol. The van der Waals surface area contributed by atoms with Crippen molar-refractivity contribution in [3.63, 3.8) is 0 Å². The van der Waals surface area contributed by atoms with Crippen LogP contribution < -0.4 is 10.2 Å². The van der Waals surface area contributed by atoms with Crippen LogP contribution in [0.5, 0.6) is 0 Å². The van der Waals surface area contributed by atoms with Gasteiger partial charge in [-0.1, -0.05) is 0 Å². The van der Waals surface area contributed by atoms with E-state index in [1.165, 1.54) is 6.42 Å². The molecule has 0 aromatic heterocycles. The maximum Gasteiger partial charge on any atom is 0.272 e. The molecule has 0 amide bonds. The Labute approximate surface area is 107 Å². The summed E-state index contributed by atoms with van der Waals surface area (Å²) in [7, 11) is 1.97. The number of nitrogens with one attached hydrogen (secondary N) is 1. The lowest BCUT2D eigenvalue weighted by Crippen LogP contribution is -2.24. The summed E-state index contributed by atoms with van der Waals surface area (Å²) in [6.45, 7) is 4.88. The fourth-order valence-corrected chi connectivity index (χ4v) is 2.56. The van der Waals surface area contributed by atoms with E-state index >= 15 is 0 Å². The molecule has 1 aromatic carbocycles. The fourth-order valence-electron chi connectivity index (χ4n) is 2.56. The number of hydrogen-bond donors (Lipinski definition) is 1. The van der Waals surface area contributed by atoms with Gasteiger partial charge < -0.3 is 10.2 Å². The molecule has 1 saturated heterocycles. The number of anilines is 1. The lowest BCUT2D eigenvalue weighted by atomic mass is 10.1. The molecule has 5 nitrogen and oxygen atoms in total. The smallest absolute Gasteiger partial charge is 0.272 e. The highest BCUT2D eigenvalue weighted by molar-refractivity contribution is 5.55. The van der Waals surface area contributed by atoms with Crippen LogP contribution in [0.2, 0.25) is 0 Å². The van der Waals surface area contributed by atoms with E-state index in [0.29, 0.717) is 5.92 Å². The molecule has 0 bridgehead atoms. The number of nitro groups is 1. The highest BCUT2D eigenvalue weighted by Crippen LogP contribution is 2.28. The van der Waals surface area contributed by atoms with E-state index in [9.17, 15) is 10.1 Å². The van der Waals surface area contributed by atoms with Crippen molar-refractivity contribution in [2.75, 3.05) is 31.6 Å². The number of nitrogens with zero attached hydrogens (tertiary/aromatic N) is 2. The molecule has 18 heavy (non-hydrogen) atoms. The molecule has 1 aliphatic heterocycles. The lowest BCUT2D eigenvalue weighted by Gasteiger charge is -2.19. The monoisotopic (exact) mass is 249 g/mol. The molecular formula is C13H19N3O2. The minimum Gasteiger partial charge on any atom is -0.371 e. The molecule has 0 saturated carbocycles. The van der Waals surface area contributed by atoms with Crippen LogP contribution in [-0.2, 0) is 0 Å². The second kappa shape index (κ2) is 5.35. The van der Waals surface area contributed by atoms with Crippen LogP contribution in [0.4, 0.5) is 11.4 Å². The number of nitro benzene ring substituents is 1. The Morgan fingerprint density at radius 3 is 2.94 bits per heavy atom. The third-order valence-electron chi connectivity index (χ3n) is 3.52. The number of rotatable bonds is 4. The minimum absolute atomic E-state index is 0.199. The molecule has 1 aromatic rings. The van der Waals surface area contributed by atoms with Crippen LogP contribution in [-0.4, -0.2) is 31.6 Å². The van der Waals surface area contributed by atoms with E-state index in [1.54, 1.807) is 13.0 Å². The van der Waals surface area contributed by atoms with Crippen LogP contribution in [0.3, 0.4) is 0 Å². The van der Waals surface area contributed by atoms with Crippen molar-refractivity contribution in [1.29, 1.82) is 0 Å². The molecular weight excluding hydrogens is 230 g/mol. The average Bonchev–Trinajstić information content (AvgIpc) is 2.77. The predicted octanol–water partition coefficient (Wildman–Crippen LogP) is 1.95. The summed E-state index contributed by atoms with van der Waals surface area (Å²) in [6.07, 6.45) is 1.18. The molecule has 0 spiro atoms. The Hall–Kier alpha value is -1.62.